The molecule has 0 amide bonds. The molecule has 6 atom stereocenters. The Kier molecular flexibility index (Phi) is 8.51. The first kappa shape index (κ1) is 29.6. The minimum absolute atomic E-state index is 0.0968. The maximum Gasteiger partial charge on any atom is 0.258 e. The van der Waals surface area contributed by atoms with Crippen molar-refractivity contribution in [2.45, 2.75) is 124 Å². The average Bonchev–Trinajstić information content (AvgIpc) is 3.18. The molecule has 36 heavy (non-hydrogen) atoms. The number of methoxy groups -OCH3 is 1. The first-order valence-corrected chi connectivity index (χ1v) is 16.5. The van der Waals surface area contributed by atoms with Crippen LogP contribution in [0.5, 0.6) is 0 Å². The van der Waals surface area contributed by atoms with Gasteiger partial charge in [0.15, 0.2) is 0 Å². The van der Waals surface area contributed by atoms with Crippen molar-refractivity contribution >= 4 is 14.1 Å². The molecule has 206 valence electrons. The zero-order chi connectivity index (χ0) is 27.3. The van der Waals surface area contributed by atoms with Crippen molar-refractivity contribution in [3.8, 4) is 0 Å². The summed E-state index contributed by atoms with van der Waals surface area (Å²) in [4.78, 5) is 14.4. The summed E-state index contributed by atoms with van der Waals surface area (Å²) in [6.45, 7) is 27.6. The summed E-state index contributed by atoms with van der Waals surface area (Å²) in [5, 5.41) is 0. The van der Waals surface area contributed by atoms with E-state index in [1.807, 2.05) is 6.08 Å². The summed E-state index contributed by atoms with van der Waals surface area (Å²) in [6, 6.07) is 0. The molecule has 5 heteroatoms. The fraction of sp³-hybridized carbons (Fsp3) is 0.839. The van der Waals surface area contributed by atoms with Gasteiger partial charge in [0.05, 0.1) is 17.3 Å². The molecule has 0 saturated heterocycles. The summed E-state index contributed by atoms with van der Waals surface area (Å²) in [6.07, 6.45) is 6.37. The van der Waals surface area contributed by atoms with Crippen LogP contribution in [0, 0.1) is 28.1 Å². The van der Waals surface area contributed by atoms with Crippen molar-refractivity contribution in [1.29, 1.82) is 0 Å². The van der Waals surface area contributed by atoms with E-state index < -0.39 is 19.1 Å². The number of carbonyl (C=O) groups is 1. The third-order valence-corrected chi connectivity index (χ3v) is 17.1. The average molecular weight is 519 g/mol. The lowest BCUT2D eigenvalue weighted by atomic mass is 9.46. The van der Waals surface area contributed by atoms with Gasteiger partial charge in [0.1, 0.15) is 12.6 Å². The van der Waals surface area contributed by atoms with Gasteiger partial charge in [-0.25, -0.2) is 0 Å². The first-order valence-electron chi connectivity index (χ1n) is 14.4. The Morgan fingerprint density at radius 1 is 1.06 bits per heavy atom. The third-order valence-electron chi connectivity index (χ3n) is 11.0. The quantitative estimate of drug-likeness (QED) is 0.174. The van der Waals surface area contributed by atoms with Crippen LogP contribution in [0.2, 0.25) is 16.6 Å². The highest BCUT2D eigenvalue weighted by Crippen LogP contribution is 2.68. The molecule has 0 spiro atoms. The second-order valence-electron chi connectivity index (χ2n) is 13.6. The maximum absolute atomic E-state index is 14.4. The lowest BCUT2D eigenvalue weighted by molar-refractivity contribution is -0.165. The van der Waals surface area contributed by atoms with Gasteiger partial charge in [-0.05, 0) is 60.2 Å². The number of hydrogen-bond donors (Lipinski definition) is 0. The molecule has 0 radical (unpaired) electrons. The van der Waals surface area contributed by atoms with Crippen LogP contribution in [0.3, 0.4) is 0 Å². The van der Waals surface area contributed by atoms with Crippen molar-refractivity contribution < 1.29 is 18.7 Å². The molecule has 0 aliphatic heterocycles. The Hall–Kier alpha value is -0.913. The van der Waals surface area contributed by atoms with Crippen LogP contribution in [-0.4, -0.2) is 34.1 Å². The number of Topliss-reactive ketones (excluding diaryl/α,β-unsaturated/α-hetero) is 1. The van der Waals surface area contributed by atoms with Gasteiger partial charge in [-0.3, -0.25) is 4.79 Å². The number of ether oxygens (including phenoxy) is 2. The van der Waals surface area contributed by atoms with Gasteiger partial charge in [0, 0.05) is 30.8 Å². The predicted octanol–water partition coefficient (Wildman–Crippen LogP) is 8.44. The van der Waals surface area contributed by atoms with Gasteiger partial charge in [-0.1, -0.05) is 68.4 Å². The van der Waals surface area contributed by atoms with E-state index in [9.17, 15) is 4.79 Å². The zero-order valence-electron chi connectivity index (χ0n) is 25.1. The second-order valence-corrected chi connectivity index (χ2v) is 19.0. The Morgan fingerprint density at radius 3 is 2.14 bits per heavy atom. The van der Waals surface area contributed by atoms with Crippen molar-refractivity contribution in [2.75, 3.05) is 13.9 Å². The molecule has 3 rings (SSSR count). The van der Waals surface area contributed by atoms with E-state index in [4.69, 9.17) is 13.9 Å². The highest BCUT2D eigenvalue weighted by Gasteiger charge is 2.64. The molecular weight excluding hydrogens is 464 g/mol. The third kappa shape index (κ3) is 4.20. The summed E-state index contributed by atoms with van der Waals surface area (Å²) in [5.41, 5.74) is 1.77. The maximum atomic E-state index is 14.4. The molecule has 6 unspecified atom stereocenters. The second kappa shape index (κ2) is 10.3. The van der Waals surface area contributed by atoms with Crippen LogP contribution >= 0.6 is 0 Å². The molecular formula is C31H54O4Si. The number of rotatable bonds is 9. The van der Waals surface area contributed by atoms with E-state index in [-0.39, 0.29) is 30.1 Å². The monoisotopic (exact) mass is 518 g/mol. The highest BCUT2D eigenvalue weighted by atomic mass is 28.4. The first-order chi connectivity index (χ1) is 16.7. The SMILES string of the molecule is C=CC1(C)CC(=O)C2(C)C3=C(O[Si](C(C)C)(C(C)C)C(C)C)CCC3(CCC2C)C(C)C1OCOC. The van der Waals surface area contributed by atoms with Gasteiger partial charge in [0.2, 0.25) is 0 Å². The lowest BCUT2D eigenvalue weighted by Gasteiger charge is -2.58. The van der Waals surface area contributed by atoms with Gasteiger partial charge in [0.25, 0.3) is 8.32 Å². The minimum Gasteiger partial charge on any atom is -0.546 e. The van der Waals surface area contributed by atoms with E-state index in [2.05, 4.69) is 75.8 Å². The molecule has 0 aromatic carbocycles. The zero-order valence-corrected chi connectivity index (χ0v) is 26.1. The van der Waals surface area contributed by atoms with E-state index in [0.29, 0.717) is 28.8 Å². The van der Waals surface area contributed by atoms with Crippen molar-refractivity contribution in [2.24, 2.45) is 28.1 Å². The normalized spacial score (nSPS) is 37.4. The van der Waals surface area contributed by atoms with Gasteiger partial charge in [-0.15, -0.1) is 6.58 Å². The Morgan fingerprint density at radius 2 is 1.64 bits per heavy atom. The van der Waals surface area contributed by atoms with Crippen LogP contribution in [-0.2, 0) is 18.7 Å². The molecule has 3 aliphatic carbocycles. The Labute approximate surface area is 222 Å². The molecule has 3 aliphatic rings. The van der Waals surface area contributed by atoms with Crippen LogP contribution < -0.4 is 0 Å². The minimum atomic E-state index is -2.16. The standard InChI is InChI=1S/C31H54O4Si/c1-13-29(10)18-26(32)30(11)23(8)14-16-31(24(9)28(29)34-19-33-12)17-15-25(27(30)31)35-36(20(2)3,21(4)5)22(6)7/h13,20-24,28H,1,14-19H2,2-12H3. The highest BCUT2D eigenvalue weighted by molar-refractivity contribution is 6.77. The van der Waals surface area contributed by atoms with Crippen LogP contribution in [0.1, 0.15) is 101 Å². The summed E-state index contributed by atoms with van der Waals surface area (Å²) in [5.74, 6) is 2.00. The van der Waals surface area contributed by atoms with Crippen LogP contribution in [0.15, 0.2) is 24.0 Å². The van der Waals surface area contributed by atoms with E-state index in [0.717, 1.165) is 25.7 Å². The van der Waals surface area contributed by atoms with Gasteiger partial charge in [-0.2, -0.15) is 0 Å². The lowest BCUT2D eigenvalue weighted by Crippen LogP contribution is -2.57. The van der Waals surface area contributed by atoms with Crippen molar-refractivity contribution in [1.82, 2.24) is 0 Å². The van der Waals surface area contributed by atoms with Gasteiger partial charge >= 0.3 is 0 Å². The molecule has 0 aromatic rings. The predicted molar refractivity (Wildman–Crippen MR) is 151 cm³/mol. The largest absolute Gasteiger partial charge is 0.546 e. The smallest absolute Gasteiger partial charge is 0.258 e. The Bertz CT molecular complexity index is 854. The fourth-order valence-electron chi connectivity index (χ4n) is 8.85. The van der Waals surface area contributed by atoms with Gasteiger partial charge < -0.3 is 13.9 Å². The topological polar surface area (TPSA) is 44.8 Å². The fourth-order valence-corrected chi connectivity index (χ4v) is 14.2. The molecule has 0 aromatic heterocycles. The molecule has 0 N–H and O–H groups in total. The molecule has 4 nitrogen and oxygen atoms in total. The number of ketones is 1. The molecule has 0 heterocycles. The summed E-state index contributed by atoms with van der Waals surface area (Å²) in [7, 11) is -0.489. The van der Waals surface area contributed by atoms with Crippen molar-refractivity contribution in [3.63, 3.8) is 0 Å². The number of carbonyl (C=O) groups excluding carboxylic acids is 1. The summed E-state index contributed by atoms with van der Waals surface area (Å²) < 4.78 is 19.3. The van der Waals surface area contributed by atoms with Crippen molar-refractivity contribution in [3.05, 3.63) is 24.0 Å². The van der Waals surface area contributed by atoms with Crippen LogP contribution in [0.25, 0.3) is 0 Å². The van der Waals surface area contributed by atoms with E-state index in [1.54, 1.807) is 7.11 Å². The number of allylic oxidation sites excluding steroid dienone is 2. The molecule has 2 bridgehead atoms. The number of hydrogen-bond acceptors (Lipinski definition) is 4. The van der Waals surface area contributed by atoms with E-state index in [1.165, 1.54) is 11.3 Å². The van der Waals surface area contributed by atoms with Crippen LogP contribution in [0.4, 0.5) is 0 Å². The van der Waals surface area contributed by atoms with E-state index >= 15 is 0 Å². The summed E-state index contributed by atoms with van der Waals surface area (Å²) >= 11 is 0. The molecule has 2 fully saturated rings. The Balaban J connectivity index is 2.30. The molecule has 2 saturated carbocycles.